The summed E-state index contributed by atoms with van der Waals surface area (Å²) in [5.41, 5.74) is 9.34. The van der Waals surface area contributed by atoms with E-state index in [2.05, 4.69) is 5.10 Å². The van der Waals surface area contributed by atoms with Gasteiger partial charge >= 0.3 is 0 Å². The van der Waals surface area contributed by atoms with E-state index in [1.807, 2.05) is 19.1 Å². The van der Waals surface area contributed by atoms with Crippen molar-refractivity contribution in [1.29, 1.82) is 0 Å². The van der Waals surface area contributed by atoms with E-state index < -0.39 is 0 Å². The van der Waals surface area contributed by atoms with Crippen LogP contribution in [0.4, 0.5) is 5.69 Å². The van der Waals surface area contributed by atoms with Crippen molar-refractivity contribution in [3.8, 4) is 16.8 Å². The van der Waals surface area contributed by atoms with Gasteiger partial charge in [-0.05, 0) is 48.9 Å². The van der Waals surface area contributed by atoms with Gasteiger partial charge in [0.15, 0.2) is 0 Å². The Morgan fingerprint density at radius 3 is 2.32 bits per heavy atom. The quantitative estimate of drug-likeness (QED) is 0.737. The number of nitrogen functional groups attached to an aromatic ring is 1. The summed E-state index contributed by atoms with van der Waals surface area (Å²) in [7, 11) is 0. The van der Waals surface area contributed by atoms with Gasteiger partial charge in [-0.15, -0.1) is 0 Å². The minimum atomic E-state index is -0.195. The Hall–Kier alpha value is -2.59. The molecule has 0 atom stereocenters. The van der Waals surface area contributed by atoms with Gasteiger partial charge in [-0.2, -0.15) is 9.78 Å². The van der Waals surface area contributed by atoms with Crippen molar-refractivity contribution in [2.75, 3.05) is 5.73 Å². The Bertz CT molecular complexity index is 868. The van der Waals surface area contributed by atoms with Crippen molar-refractivity contribution in [1.82, 2.24) is 9.78 Å². The maximum absolute atomic E-state index is 12.4. The highest BCUT2D eigenvalue weighted by Gasteiger charge is 2.09. The van der Waals surface area contributed by atoms with E-state index in [9.17, 15) is 4.79 Å². The lowest BCUT2D eigenvalue weighted by Gasteiger charge is -2.10. The topological polar surface area (TPSA) is 60.9 Å². The fourth-order valence-corrected chi connectivity index (χ4v) is 2.39. The van der Waals surface area contributed by atoms with Crippen LogP contribution in [0.5, 0.6) is 0 Å². The smallest absolute Gasteiger partial charge is 0.272 e. The van der Waals surface area contributed by atoms with Gasteiger partial charge < -0.3 is 5.73 Å². The highest BCUT2D eigenvalue weighted by atomic mass is 35.5. The van der Waals surface area contributed by atoms with Crippen LogP contribution in [-0.2, 0) is 0 Å². The highest BCUT2D eigenvalue weighted by Crippen LogP contribution is 2.22. The molecule has 3 rings (SSSR count). The summed E-state index contributed by atoms with van der Waals surface area (Å²) in [5.74, 6) is 0. The number of nitrogens with zero attached hydrogens (tertiary/aromatic N) is 2. The molecule has 110 valence electrons. The van der Waals surface area contributed by atoms with Gasteiger partial charge in [-0.25, -0.2) is 0 Å². The van der Waals surface area contributed by atoms with Gasteiger partial charge in [0.05, 0.1) is 11.4 Å². The van der Waals surface area contributed by atoms with Gasteiger partial charge in [0.2, 0.25) is 0 Å². The van der Waals surface area contributed by atoms with E-state index in [4.69, 9.17) is 17.3 Å². The summed E-state index contributed by atoms with van der Waals surface area (Å²) in [4.78, 5) is 12.4. The number of halogens is 1. The van der Waals surface area contributed by atoms with Crippen LogP contribution in [0.2, 0.25) is 5.02 Å². The fourth-order valence-electron chi connectivity index (χ4n) is 2.26. The summed E-state index contributed by atoms with van der Waals surface area (Å²) >= 11 is 5.87. The normalized spacial score (nSPS) is 10.6. The number of aryl methyl sites for hydroxylation is 1. The summed E-state index contributed by atoms with van der Waals surface area (Å²) in [6, 6.07) is 15.9. The van der Waals surface area contributed by atoms with Crippen LogP contribution in [0, 0.1) is 6.92 Å². The second-order valence-corrected chi connectivity index (χ2v) is 5.43. The van der Waals surface area contributed by atoms with Crippen molar-refractivity contribution in [2.24, 2.45) is 0 Å². The zero-order chi connectivity index (χ0) is 15.7. The summed E-state index contributed by atoms with van der Waals surface area (Å²) in [6.07, 6.45) is 0. The molecule has 0 aliphatic heterocycles. The molecular formula is C17H14ClN3O. The Morgan fingerprint density at radius 2 is 1.68 bits per heavy atom. The van der Waals surface area contributed by atoms with Crippen molar-refractivity contribution in [3.05, 3.63) is 75.7 Å². The third-order valence-electron chi connectivity index (χ3n) is 3.41. The summed E-state index contributed by atoms with van der Waals surface area (Å²) in [6.45, 7) is 1.87. The predicted octanol–water partition coefficient (Wildman–Crippen LogP) is 3.44. The monoisotopic (exact) mass is 311 g/mol. The second-order valence-electron chi connectivity index (χ2n) is 4.99. The molecule has 2 N–H and O–H groups in total. The molecule has 0 saturated heterocycles. The fraction of sp³-hybridized carbons (Fsp3) is 0.0588. The van der Waals surface area contributed by atoms with Crippen molar-refractivity contribution >= 4 is 17.3 Å². The molecule has 0 bridgehead atoms. The first kappa shape index (κ1) is 14.4. The lowest BCUT2D eigenvalue weighted by atomic mass is 10.1. The molecule has 0 radical (unpaired) electrons. The Morgan fingerprint density at radius 1 is 1.05 bits per heavy atom. The minimum absolute atomic E-state index is 0.195. The zero-order valence-corrected chi connectivity index (χ0v) is 12.7. The Labute approximate surface area is 132 Å². The summed E-state index contributed by atoms with van der Waals surface area (Å²) < 4.78 is 1.37. The van der Waals surface area contributed by atoms with E-state index in [0.717, 1.165) is 16.8 Å². The van der Waals surface area contributed by atoms with Crippen LogP contribution in [0.25, 0.3) is 16.8 Å². The molecule has 2 aromatic carbocycles. The van der Waals surface area contributed by atoms with E-state index in [1.54, 1.807) is 42.5 Å². The van der Waals surface area contributed by atoms with Crippen LogP contribution >= 0.6 is 11.6 Å². The minimum Gasteiger partial charge on any atom is -0.399 e. The van der Waals surface area contributed by atoms with Crippen molar-refractivity contribution < 1.29 is 0 Å². The number of anilines is 1. The number of nitrogens with two attached hydrogens (primary N) is 1. The molecule has 4 nitrogen and oxygen atoms in total. The molecular weight excluding hydrogens is 298 g/mol. The summed E-state index contributed by atoms with van der Waals surface area (Å²) in [5, 5.41) is 5.02. The SMILES string of the molecule is Cc1nn(-c2ccc(Cl)cc2)c(=O)cc1-c1ccc(N)cc1. The van der Waals surface area contributed by atoms with Crippen LogP contribution < -0.4 is 11.3 Å². The molecule has 3 aromatic rings. The van der Waals surface area contributed by atoms with E-state index in [0.29, 0.717) is 16.4 Å². The number of hydrogen-bond donors (Lipinski definition) is 1. The highest BCUT2D eigenvalue weighted by molar-refractivity contribution is 6.30. The molecule has 1 aromatic heterocycles. The molecule has 0 amide bonds. The maximum atomic E-state index is 12.4. The van der Waals surface area contributed by atoms with Crippen LogP contribution in [0.15, 0.2) is 59.4 Å². The van der Waals surface area contributed by atoms with Crippen LogP contribution in [0.3, 0.4) is 0 Å². The average molecular weight is 312 g/mol. The van der Waals surface area contributed by atoms with E-state index in [1.165, 1.54) is 4.68 Å². The van der Waals surface area contributed by atoms with E-state index >= 15 is 0 Å². The van der Waals surface area contributed by atoms with Gasteiger partial charge in [0, 0.05) is 22.3 Å². The third-order valence-corrected chi connectivity index (χ3v) is 3.66. The number of rotatable bonds is 2. The zero-order valence-electron chi connectivity index (χ0n) is 12.0. The molecule has 0 unspecified atom stereocenters. The average Bonchev–Trinajstić information content (AvgIpc) is 2.51. The predicted molar refractivity (Wildman–Crippen MR) is 89.4 cm³/mol. The van der Waals surface area contributed by atoms with E-state index in [-0.39, 0.29) is 5.56 Å². The lowest BCUT2D eigenvalue weighted by Crippen LogP contribution is -2.21. The number of aromatic nitrogens is 2. The first-order valence-electron chi connectivity index (χ1n) is 6.77. The van der Waals surface area contributed by atoms with Crippen LogP contribution in [-0.4, -0.2) is 9.78 Å². The molecule has 0 saturated carbocycles. The lowest BCUT2D eigenvalue weighted by molar-refractivity contribution is 0.787. The molecule has 1 heterocycles. The van der Waals surface area contributed by atoms with Gasteiger partial charge in [-0.1, -0.05) is 23.7 Å². The molecule has 0 spiro atoms. The van der Waals surface area contributed by atoms with Gasteiger partial charge in [0.25, 0.3) is 5.56 Å². The second kappa shape index (κ2) is 5.66. The number of benzene rings is 2. The first-order valence-corrected chi connectivity index (χ1v) is 7.15. The molecule has 0 aliphatic carbocycles. The Balaban J connectivity index is 2.10. The van der Waals surface area contributed by atoms with Gasteiger partial charge in [-0.3, -0.25) is 4.79 Å². The standard InChI is InChI=1S/C17H14ClN3O/c1-11-16(12-2-6-14(19)7-3-12)10-17(22)21(20-11)15-8-4-13(18)5-9-15/h2-10H,19H2,1H3. The molecule has 0 fully saturated rings. The van der Waals surface area contributed by atoms with Crippen molar-refractivity contribution in [2.45, 2.75) is 6.92 Å². The number of hydrogen-bond acceptors (Lipinski definition) is 3. The Kier molecular flexibility index (Phi) is 3.69. The maximum Gasteiger partial charge on any atom is 0.272 e. The molecule has 5 heteroatoms. The first-order chi connectivity index (χ1) is 10.5. The largest absolute Gasteiger partial charge is 0.399 e. The molecule has 0 aliphatic rings. The van der Waals surface area contributed by atoms with Crippen molar-refractivity contribution in [3.63, 3.8) is 0 Å². The van der Waals surface area contributed by atoms with Crippen LogP contribution in [0.1, 0.15) is 5.69 Å². The van der Waals surface area contributed by atoms with Gasteiger partial charge in [0.1, 0.15) is 0 Å². The molecule has 22 heavy (non-hydrogen) atoms. The third kappa shape index (κ3) is 2.73.